The Labute approximate surface area is 83.3 Å². The first-order chi connectivity index (χ1) is 6.64. The standard InChI is InChI=1S/C7H13N3O3S/c8-1-4-14(11,12)10-5-7-6-13-3-2-9-7/h7,9-10H,2-6H2. The molecule has 7 heteroatoms. The van der Waals surface area contributed by atoms with Gasteiger partial charge in [-0.1, -0.05) is 0 Å². The van der Waals surface area contributed by atoms with Crippen molar-refractivity contribution < 1.29 is 13.2 Å². The van der Waals surface area contributed by atoms with E-state index in [-0.39, 0.29) is 12.6 Å². The minimum atomic E-state index is -3.44. The Hall–Kier alpha value is -0.680. The van der Waals surface area contributed by atoms with Gasteiger partial charge in [-0.2, -0.15) is 5.26 Å². The second kappa shape index (κ2) is 5.26. The average molecular weight is 219 g/mol. The van der Waals surface area contributed by atoms with E-state index in [9.17, 15) is 8.42 Å². The van der Waals surface area contributed by atoms with E-state index in [1.807, 2.05) is 0 Å². The third-order valence-corrected chi connectivity index (χ3v) is 2.92. The van der Waals surface area contributed by atoms with E-state index in [0.29, 0.717) is 13.2 Å². The molecule has 1 unspecified atom stereocenters. The summed E-state index contributed by atoms with van der Waals surface area (Å²) >= 11 is 0. The Morgan fingerprint density at radius 3 is 3.00 bits per heavy atom. The molecule has 2 N–H and O–H groups in total. The molecule has 1 rings (SSSR count). The third kappa shape index (κ3) is 4.02. The van der Waals surface area contributed by atoms with Gasteiger partial charge < -0.3 is 10.1 Å². The van der Waals surface area contributed by atoms with Crippen molar-refractivity contribution in [2.75, 3.05) is 32.1 Å². The van der Waals surface area contributed by atoms with Gasteiger partial charge >= 0.3 is 0 Å². The van der Waals surface area contributed by atoms with Crippen molar-refractivity contribution in [2.24, 2.45) is 0 Å². The van der Waals surface area contributed by atoms with Gasteiger partial charge in [0.2, 0.25) is 10.0 Å². The second-order valence-corrected chi connectivity index (χ2v) is 4.80. The van der Waals surface area contributed by atoms with Crippen LogP contribution < -0.4 is 10.0 Å². The molecule has 1 saturated heterocycles. The summed E-state index contributed by atoms with van der Waals surface area (Å²) in [4.78, 5) is 0. The Morgan fingerprint density at radius 1 is 1.64 bits per heavy atom. The van der Waals surface area contributed by atoms with Crippen LogP contribution in [-0.4, -0.2) is 46.5 Å². The number of nitrogens with zero attached hydrogens (tertiary/aromatic N) is 1. The van der Waals surface area contributed by atoms with Gasteiger partial charge in [0.25, 0.3) is 0 Å². The van der Waals surface area contributed by atoms with Crippen molar-refractivity contribution in [1.29, 1.82) is 5.26 Å². The zero-order valence-electron chi connectivity index (χ0n) is 7.69. The summed E-state index contributed by atoms with van der Waals surface area (Å²) in [6.07, 6.45) is 0. The minimum absolute atomic E-state index is 0.00258. The Bertz CT molecular complexity index is 303. The van der Waals surface area contributed by atoms with E-state index in [1.54, 1.807) is 6.07 Å². The highest BCUT2D eigenvalue weighted by molar-refractivity contribution is 7.89. The zero-order chi connectivity index (χ0) is 10.4. The van der Waals surface area contributed by atoms with Gasteiger partial charge in [0.05, 0.1) is 19.3 Å². The number of hydrogen-bond acceptors (Lipinski definition) is 5. The largest absolute Gasteiger partial charge is 0.378 e. The van der Waals surface area contributed by atoms with Crippen molar-refractivity contribution in [2.45, 2.75) is 6.04 Å². The quantitative estimate of drug-likeness (QED) is 0.595. The van der Waals surface area contributed by atoms with Crippen LogP contribution in [-0.2, 0) is 14.8 Å². The van der Waals surface area contributed by atoms with Crippen molar-refractivity contribution in [3.05, 3.63) is 0 Å². The van der Waals surface area contributed by atoms with Crippen LogP contribution in [0.25, 0.3) is 0 Å². The molecule has 1 atom stereocenters. The zero-order valence-corrected chi connectivity index (χ0v) is 8.51. The molecule has 0 radical (unpaired) electrons. The fourth-order valence-electron chi connectivity index (χ4n) is 1.11. The van der Waals surface area contributed by atoms with Gasteiger partial charge in [-0.3, -0.25) is 0 Å². The van der Waals surface area contributed by atoms with Gasteiger partial charge in [-0.15, -0.1) is 0 Å². The molecule has 0 aliphatic carbocycles. The van der Waals surface area contributed by atoms with Crippen molar-refractivity contribution in [1.82, 2.24) is 10.0 Å². The molecule has 1 fully saturated rings. The number of nitriles is 1. The van der Waals surface area contributed by atoms with E-state index in [0.717, 1.165) is 6.54 Å². The van der Waals surface area contributed by atoms with Crippen LogP contribution in [0, 0.1) is 11.3 Å². The highest BCUT2D eigenvalue weighted by Crippen LogP contribution is 1.92. The third-order valence-electron chi connectivity index (χ3n) is 1.80. The van der Waals surface area contributed by atoms with Gasteiger partial charge in [0.1, 0.15) is 0 Å². The maximum Gasteiger partial charge on any atom is 0.225 e. The Kier molecular flexibility index (Phi) is 4.28. The first-order valence-electron chi connectivity index (χ1n) is 4.29. The molecule has 14 heavy (non-hydrogen) atoms. The molecule has 0 amide bonds. The number of hydrogen-bond donors (Lipinski definition) is 2. The van der Waals surface area contributed by atoms with Gasteiger partial charge in [-0.05, 0) is 0 Å². The van der Waals surface area contributed by atoms with E-state index < -0.39 is 15.8 Å². The first kappa shape index (κ1) is 11.4. The van der Waals surface area contributed by atoms with Crippen LogP contribution in [0.1, 0.15) is 0 Å². The molecule has 0 saturated carbocycles. The van der Waals surface area contributed by atoms with Crippen LogP contribution in [0.4, 0.5) is 0 Å². The number of ether oxygens (including phenoxy) is 1. The molecule has 6 nitrogen and oxygen atoms in total. The Morgan fingerprint density at radius 2 is 2.43 bits per heavy atom. The highest BCUT2D eigenvalue weighted by atomic mass is 32.2. The summed E-state index contributed by atoms with van der Waals surface area (Å²) < 4.78 is 29.6. The summed E-state index contributed by atoms with van der Waals surface area (Å²) in [6, 6.07) is 1.59. The lowest BCUT2D eigenvalue weighted by Gasteiger charge is -2.23. The predicted octanol–water partition coefficient (Wildman–Crippen LogP) is -1.58. The minimum Gasteiger partial charge on any atom is -0.378 e. The lowest BCUT2D eigenvalue weighted by atomic mass is 10.3. The van der Waals surface area contributed by atoms with Gasteiger partial charge in [-0.25, -0.2) is 13.1 Å². The molecular weight excluding hydrogens is 206 g/mol. The topological polar surface area (TPSA) is 91.2 Å². The number of morpholine rings is 1. The number of sulfonamides is 1. The highest BCUT2D eigenvalue weighted by Gasteiger charge is 2.16. The molecular formula is C7H13N3O3S. The molecule has 80 valence electrons. The SMILES string of the molecule is N#CCS(=O)(=O)NCC1COCCN1. The fraction of sp³-hybridized carbons (Fsp3) is 0.857. The van der Waals surface area contributed by atoms with Gasteiger partial charge in [0.15, 0.2) is 5.75 Å². The van der Waals surface area contributed by atoms with Crippen LogP contribution in [0.5, 0.6) is 0 Å². The average Bonchev–Trinajstić information content (AvgIpc) is 2.17. The molecule has 0 bridgehead atoms. The number of nitrogens with one attached hydrogen (secondary N) is 2. The molecule has 0 aromatic rings. The summed E-state index contributed by atoms with van der Waals surface area (Å²) in [5.41, 5.74) is 0. The smallest absolute Gasteiger partial charge is 0.225 e. The normalized spacial score (nSPS) is 22.9. The van der Waals surface area contributed by atoms with Crippen molar-refractivity contribution in [3.8, 4) is 6.07 Å². The maximum absolute atomic E-state index is 11.1. The molecule has 1 aliphatic heterocycles. The maximum atomic E-state index is 11.1. The molecule has 0 aromatic carbocycles. The fourth-order valence-corrected chi connectivity index (χ4v) is 1.84. The number of rotatable bonds is 4. The predicted molar refractivity (Wildman–Crippen MR) is 50.0 cm³/mol. The monoisotopic (exact) mass is 219 g/mol. The first-order valence-corrected chi connectivity index (χ1v) is 5.95. The van der Waals surface area contributed by atoms with Crippen LogP contribution >= 0.6 is 0 Å². The Balaban J connectivity index is 2.29. The second-order valence-electron chi connectivity index (χ2n) is 2.99. The van der Waals surface area contributed by atoms with Crippen LogP contribution in [0.2, 0.25) is 0 Å². The van der Waals surface area contributed by atoms with Gasteiger partial charge in [0, 0.05) is 19.1 Å². The molecule has 0 spiro atoms. The van der Waals surface area contributed by atoms with E-state index in [1.165, 1.54) is 0 Å². The van der Waals surface area contributed by atoms with E-state index in [2.05, 4.69) is 10.0 Å². The van der Waals surface area contributed by atoms with E-state index in [4.69, 9.17) is 10.00 Å². The van der Waals surface area contributed by atoms with Crippen molar-refractivity contribution in [3.63, 3.8) is 0 Å². The lowest BCUT2D eigenvalue weighted by Crippen LogP contribution is -2.48. The summed E-state index contributed by atoms with van der Waals surface area (Å²) in [5.74, 6) is -0.499. The molecule has 0 aromatic heterocycles. The lowest BCUT2D eigenvalue weighted by molar-refractivity contribution is 0.0784. The molecule has 1 aliphatic rings. The molecule has 1 heterocycles. The summed E-state index contributed by atoms with van der Waals surface area (Å²) in [6.45, 7) is 2.14. The summed E-state index contributed by atoms with van der Waals surface area (Å²) in [5, 5.41) is 11.3. The van der Waals surface area contributed by atoms with Crippen LogP contribution in [0.3, 0.4) is 0 Å². The van der Waals surface area contributed by atoms with E-state index >= 15 is 0 Å². The van der Waals surface area contributed by atoms with Crippen LogP contribution in [0.15, 0.2) is 0 Å². The summed E-state index contributed by atoms with van der Waals surface area (Å²) in [7, 11) is -3.44. The van der Waals surface area contributed by atoms with Crippen molar-refractivity contribution >= 4 is 10.0 Å².